The summed E-state index contributed by atoms with van der Waals surface area (Å²) in [6, 6.07) is 168. The summed E-state index contributed by atoms with van der Waals surface area (Å²) in [7, 11) is 0. The Bertz CT molecular complexity index is 10000. The molecule has 0 radical (unpaired) electrons. The van der Waals surface area contributed by atoms with E-state index in [1.807, 2.05) is 0 Å². The van der Waals surface area contributed by atoms with Crippen molar-refractivity contribution in [3.63, 3.8) is 0 Å². The number of fused-ring (bicyclic) bond motifs is 29. The predicted molar refractivity (Wildman–Crippen MR) is 618 cm³/mol. The smallest absolute Gasteiger partial charge is 0.124 e. The van der Waals surface area contributed by atoms with Crippen molar-refractivity contribution < 1.29 is 0 Å². The van der Waals surface area contributed by atoms with Crippen LogP contribution in [0.15, 0.2) is 455 Å². The Labute approximate surface area is 847 Å². The normalized spacial score (nSPS) is 13.4. The summed E-state index contributed by atoms with van der Waals surface area (Å²) in [6.07, 6.45) is 0. The molecular weight excluding hydrogens is 1800 g/mol. The number of aromatic nitrogens is 3. The minimum atomic E-state index is -0.0824. The van der Waals surface area contributed by atoms with Crippen LogP contribution in [-0.2, 0) is 16.2 Å². The quantitative estimate of drug-likeness (QED) is 0.135. The van der Waals surface area contributed by atoms with Crippen LogP contribution in [0.4, 0.5) is 0 Å². The summed E-state index contributed by atoms with van der Waals surface area (Å²) < 4.78 is 3.74. The van der Waals surface area contributed by atoms with Gasteiger partial charge in [-0.15, -0.1) is 34.0 Å². The van der Waals surface area contributed by atoms with E-state index in [9.17, 15) is 0 Å². The van der Waals surface area contributed by atoms with E-state index in [1.165, 1.54) is 245 Å². The van der Waals surface area contributed by atoms with Crippen LogP contribution in [0, 0.1) is 0 Å². The van der Waals surface area contributed by atoms with Crippen molar-refractivity contribution in [3.8, 4) is 132 Å². The zero-order chi connectivity index (χ0) is 96.0. The highest BCUT2D eigenvalue weighted by Gasteiger charge is 2.40. The van der Waals surface area contributed by atoms with Gasteiger partial charge in [0.2, 0.25) is 0 Å². The molecule has 3 aliphatic carbocycles. The van der Waals surface area contributed by atoms with Gasteiger partial charge in [0.15, 0.2) is 0 Å². The lowest BCUT2D eigenvalue weighted by molar-refractivity contribution is 0.661. The first-order valence-electron chi connectivity index (χ1n) is 49.9. The van der Waals surface area contributed by atoms with Crippen LogP contribution in [0.1, 0.15) is 74.9 Å². The van der Waals surface area contributed by atoms with Crippen LogP contribution in [0.2, 0.25) is 0 Å². The molecule has 0 N–H and O–H groups in total. The van der Waals surface area contributed by atoms with Gasteiger partial charge in [0, 0.05) is 49.1 Å². The maximum Gasteiger partial charge on any atom is 0.124 e. The van der Waals surface area contributed by atoms with Gasteiger partial charge in [-0.05, 0) is 299 Å². The van der Waals surface area contributed by atoms with Crippen LogP contribution in [0.25, 0.3) is 259 Å². The molecule has 678 valence electrons. The van der Waals surface area contributed by atoms with Crippen molar-refractivity contribution in [1.29, 1.82) is 0 Å². The van der Waals surface area contributed by atoms with E-state index in [1.54, 1.807) is 34.0 Å². The zero-order valence-electron chi connectivity index (χ0n) is 80.4. The lowest BCUT2D eigenvalue weighted by atomic mass is 9.79. The summed E-state index contributed by atoms with van der Waals surface area (Å²) in [4.78, 5) is 15.1. The molecule has 0 fully saturated rings. The van der Waals surface area contributed by atoms with Gasteiger partial charge >= 0.3 is 0 Å². The first-order chi connectivity index (χ1) is 70.6. The third kappa shape index (κ3) is 14.0. The Morgan fingerprint density at radius 3 is 0.882 bits per heavy atom. The maximum atomic E-state index is 5.05. The first-order valence-corrected chi connectivity index (χ1v) is 52.3. The van der Waals surface area contributed by atoms with E-state index >= 15 is 0 Å². The van der Waals surface area contributed by atoms with Crippen LogP contribution >= 0.6 is 34.0 Å². The molecule has 3 nitrogen and oxygen atoms in total. The van der Waals surface area contributed by atoms with Gasteiger partial charge in [-0.25, -0.2) is 15.0 Å². The average Bonchev–Trinajstić information content (AvgIpc) is 1.60. The largest absolute Gasteiger partial charge is 0.236 e. The second kappa shape index (κ2) is 33.2. The number of hydrogen-bond donors (Lipinski definition) is 0. The fraction of sp³-hybridized carbons (Fsp3) is 0.0652. The highest BCUT2D eigenvalue weighted by atomic mass is 32.1. The van der Waals surface area contributed by atoms with E-state index in [2.05, 4.69) is 497 Å². The molecule has 0 saturated carbocycles. The van der Waals surface area contributed by atoms with Crippen molar-refractivity contribution in [2.24, 2.45) is 0 Å². The van der Waals surface area contributed by atoms with Crippen LogP contribution in [0.5, 0.6) is 0 Å². The molecule has 27 aromatic rings. The number of nitrogens with zero attached hydrogens (tertiary/aromatic N) is 3. The SMILES string of the molecule is CC1(C)c2cc(-c3cccc(-c4ccc5ccc6ccc7nc(-c8ccccc8)sc7c6c5c4)c3)ccc2-c2c1ccc1ccccc21.CC1(C)c2cc(-c3cccc(-c4ccc5ccc6ccc7nc(-c8ccccc8)sc7c6c5c4)c3)ccc2-c2cc3ccccc3cc21.CC1(C)c2cc(-c3cccc(-c4ccc5ccc6ccc7nc(-c8ccccc8)sc7c6c5c4)c3)ccc2-c2ccc3ccccc3c21. The molecule has 3 heterocycles. The highest BCUT2D eigenvalue weighted by molar-refractivity contribution is 7.23. The molecule has 0 aliphatic heterocycles. The van der Waals surface area contributed by atoms with Crippen molar-refractivity contribution in [2.75, 3.05) is 0 Å². The lowest BCUT2D eigenvalue weighted by Gasteiger charge is -2.23. The van der Waals surface area contributed by atoms with E-state index in [0.717, 1.165) is 48.3 Å². The molecule has 3 aromatic heterocycles. The molecule has 3 aliphatic rings. The van der Waals surface area contributed by atoms with Crippen LogP contribution < -0.4 is 0 Å². The topological polar surface area (TPSA) is 38.7 Å². The summed E-state index contributed by atoms with van der Waals surface area (Å²) in [5.41, 5.74) is 37.9. The van der Waals surface area contributed by atoms with Crippen molar-refractivity contribution in [3.05, 3.63) is 488 Å². The van der Waals surface area contributed by atoms with Gasteiger partial charge in [-0.1, -0.05) is 412 Å². The summed E-state index contributed by atoms with van der Waals surface area (Å²) in [6.45, 7) is 14.2. The monoisotopic (exact) mass is 1890 g/mol. The average molecular weight is 1890 g/mol. The summed E-state index contributed by atoms with van der Waals surface area (Å²) in [5.74, 6) is 0. The van der Waals surface area contributed by atoms with Crippen LogP contribution in [-0.4, -0.2) is 15.0 Å². The molecule has 0 saturated heterocycles. The number of thiazole rings is 3. The van der Waals surface area contributed by atoms with Crippen molar-refractivity contribution >= 4 is 162 Å². The molecule has 24 aromatic carbocycles. The Morgan fingerprint density at radius 1 is 0.167 bits per heavy atom. The van der Waals surface area contributed by atoms with Gasteiger partial charge in [-0.2, -0.15) is 0 Å². The van der Waals surface area contributed by atoms with Crippen molar-refractivity contribution in [1.82, 2.24) is 15.0 Å². The number of benzene rings is 24. The molecule has 144 heavy (non-hydrogen) atoms. The lowest BCUT2D eigenvalue weighted by Crippen LogP contribution is -2.15. The van der Waals surface area contributed by atoms with Gasteiger partial charge in [0.05, 0.1) is 30.6 Å². The fourth-order valence-corrected chi connectivity index (χ4v) is 27.3. The van der Waals surface area contributed by atoms with Crippen molar-refractivity contribution in [2.45, 2.75) is 57.8 Å². The van der Waals surface area contributed by atoms with Crippen LogP contribution in [0.3, 0.4) is 0 Å². The molecule has 6 heteroatoms. The zero-order valence-corrected chi connectivity index (χ0v) is 82.8. The minimum Gasteiger partial charge on any atom is -0.236 e. The van der Waals surface area contributed by atoms with Gasteiger partial charge in [-0.3, -0.25) is 0 Å². The fourth-order valence-electron chi connectivity index (χ4n) is 23.9. The van der Waals surface area contributed by atoms with E-state index in [0.29, 0.717) is 0 Å². The van der Waals surface area contributed by atoms with E-state index in [-0.39, 0.29) is 16.2 Å². The Balaban J connectivity index is 0.000000105. The summed E-state index contributed by atoms with van der Waals surface area (Å²) >= 11 is 5.37. The molecule has 30 rings (SSSR count). The second-order valence-electron chi connectivity index (χ2n) is 40.8. The molecule has 0 amide bonds. The van der Waals surface area contributed by atoms with Gasteiger partial charge < -0.3 is 0 Å². The molecule has 0 unspecified atom stereocenters. The number of rotatable bonds is 9. The standard InChI is InChI=1S/3C46H31NS/c1-46(2)40-27-35(20-22-37(40)38-23-19-28-9-6-7-14-36(28)43(38)46)33-13-8-12-32(25-33)34-18-16-29-15-17-30-21-24-41-44(42(30)39(29)26-34)48-45(47-41)31-10-4-3-5-11-31;1-46(2)39-23-20-28-9-6-7-14-36(28)43(39)37-22-19-35(27-40(37)46)33-13-8-12-32(25-33)34-18-16-29-15-17-30-21-24-41-44(42(30)38(29)26-34)48-45(47-41)31-10-4-3-5-11-31;1-46(2)40-27-36(19-21-37(40)39-25-33-11-6-7-12-34(33)26-41(39)46)32-14-8-13-31(23-32)35-18-16-28-15-17-29-20-22-42-44(43(29)38(28)24-35)48-45(47-42)30-9-4-3-5-10-30/h3*3-27H,1-2H3. The Kier molecular flexibility index (Phi) is 19.7. The third-order valence-corrected chi connectivity index (χ3v) is 34.8. The van der Waals surface area contributed by atoms with E-state index < -0.39 is 0 Å². The molecule has 0 atom stereocenters. The summed E-state index contributed by atoms with van der Waals surface area (Å²) in [5, 5.41) is 26.3. The molecular formula is C138H93N3S3. The van der Waals surface area contributed by atoms with Gasteiger partial charge in [0.1, 0.15) is 15.0 Å². The number of hydrogen-bond acceptors (Lipinski definition) is 6. The third-order valence-electron chi connectivity index (χ3n) is 31.4. The molecule has 0 spiro atoms. The molecule has 0 bridgehead atoms. The van der Waals surface area contributed by atoms with Gasteiger partial charge in [0.25, 0.3) is 0 Å². The predicted octanol–water partition coefficient (Wildman–Crippen LogP) is 39.2. The maximum absolute atomic E-state index is 5.05. The highest BCUT2D eigenvalue weighted by Crippen LogP contribution is 2.57. The second-order valence-corrected chi connectivity index (χ2v) is 43.8. The first kappa shape index (κ1) is 85.3. The Hall–Kier alpha value is -16.7. The Morgan fingerprint density at radius 2 is 0.444 bits per heavy atom. The van der Waals surface area contributed by atoms with E-state index in [4.69, 9.17) is 15.0 Å². The minimum absolute atomic E-state index is 0.0654.